The van der Waals surface area contributed by atoms with Gasteiger partial charge in [0.25, 0.3) is 5.91 Å². The molecule has 3 rings (SSSR count). The Morgan fingerprint density at radius 2 is 1.85 bits per heavy atom. The molecule has 0 radical (unpaired) electrons. The summed E-state index contributed by atoms with van der Waals surface area (Å²) in [6.45, 7) is 0. The lowest BCUT2D eigenvalue weighted by Gasteiger charge is -2.06. The van der Waals surface area contributed by atoms with E-state index < -0.39 is 11.9 Å². The second kappa shape index (κ2) is 7.83. The maximum absolute atomic E-state index is 11.9. The maximum Gasteiger partial charge on any atom is 0.316 e. The first-order chi connectivity index (χ1) is 13.0. The second-order valence-corrected chi connectivity index (χ2v) is 6.58. The fraction of sp³-hybridized carbons (Fsp3) is 0.0556. The first-order valence-corrected chi connectivity index (χ1v) is 8.74. The predicted molar refractivity (Wildman–Crippen MR) is 102 cm³/mol. The van der Waals surface area contributed by atoms with Crippen molar-refractivity contribution in [3.63, 3.8) is 0 Å². The topological polar surface area (TPSA) is 122 Å². The second-order valence-electron chi connectivity index (χ2n) is 5.47. The monoisotopic (exact) mass is 383 g/mol. The molecule has 3 aromatic rings. The van der Waals surface area contributed by atoms with Gasteiger partial charge in [-0.25, -0.2) is 9.48 Å². The van der Waals surface area contributed by atoms with Crippen LogP contribution in [0, 0.1) is 0 Å². The van der Waals surface area contributed by atoms with Gasteiger partial charge in [-0.1, -0.05) is 23.9 Å². The number of phenolic OH excluding ortho intramolecular Hbond substituents is 1. The van der Waals surface area contributed by atoms with E-state index in [4.69, 9.17) is 5.73 Å². The van der Waals surface area contributed by atoms with Crippen molar-refractivity contribution >= 4 is 29.4 Å². The summed E-state index contributed by atoms with van der Waals surface area (Å²) in [5.41, 5.74) is 6.12. The first-order valence-electron chi connectivity index (χ1n) is 7.92. The lowest BCUT2D eigenvalue weighted by molar-refractivity contribution is 0.0958. The third-order valence-corrected chi connectivity index (χ3v) is 4.68. The van der Waals surface area contributed by atoms with E-state index in [1.807, 2.05) is 36.4 Å². The van der Waals surface area contributed by atoms with Crippen molar-refractivity contribution in [2.75, 3.05) is 12.4 Å². The molecule has 5 N–H and O–H groups in total. The van der Waals surface area contributed by atoms with Crippen LogP contribution >= 0.6 is 11.8 Å². The van der Waals surface area contributed by atoms with Crippen LogP contribution in [0.3, 0.4) is 0 Å². The van der Waals surface area contributed by atoms with E-state index in [1.54, 1.807) is 12.1 Å². The van der Waals surface area contributed by atoms with E-state index in [0.29, 0.717) is 5.69 Å². The average molecular weight is 383 g/mol. The van der Waals surface area contributed by atoms with Crippen LogP contribution in [-0.4, -0.2) is 33.9 Å². The molecule has 0 aliphatic carbocycles. The molecule has 2 aromatic carbocycles. The number of rotatable bonds is 5. The number of carbonyl (C=O) groups excluding carboxylic acids is 2. The van der Waals surface area contributed by atoms with Gasteiger partial charge in [-0.2, -0.15) is 5.10 Å². The molecule has 0 aliphatic heterocycles. The number of hydrogen-bond acceptors (Lipinski definition) is 5. The Balaban J connectivity index is 1.86. The van der Waals surface area contributed by atoms with Gasteiger partial charge >= 0.3 is 6.03 Å². The number of benzene rings is 2. The summed E-state index contributed by atoms with van der Waals surface area (Å²) in [6.07, 6.45) is 1.51. The molecule has 0 saturated carbocycles. The number of carbonyl (C=O) groups is 2. The number of nitrogens with zero attached hydrogens (tertiary/aromatic N) is 2. The summed E-state index contributed by atoms with van der Waals surface area (Å²) in [5.74, 6) is -0.222. The van der Waals surface area contributed by atoms with E-state index in [0.717, 1.165) is 9.79 Å². The van der Waals surface area contributed by atoms with Crippen LogP contribution in [0.5, 0.6) is 5.75 Å². The minimum atomic E-state index is -0.783. The van der Waals surface area contributed by atoms with Gasteiger partial charge in [0, 0.05) is 11.9 Å². The zero-order chi connectivity index (χ0) is 19.4. The number of nitrogens with one attached hydrogen (secondary N) is 2. The Kier molecular flexibility index (Phi) is 5.32. The summed E-state index contributed by atoms with van der Waals surface area (Å²) in [7, 11) is 1.47. The molecule has 8 nitrogen and oxygen atoms in total. The lowest BCUT2D eigenvalue weighted by atomic mass is 10.3. The van der Waals surface area contributed by atoms with Gasteiger partial charge in [0.1, 0.15) is 5.75 Å². The average Bonchev–Trinajstić information content (AvgIpc) is 3.06. The van der Waals surface area contributed by atoms with Gasteiger partial charge in [-0.05, 0) is 36.4 Å². The molecule has 138 valence electrons. The number of phenols is 1. The number of aromatic nitrogens is 2. The van der Waals surface area contributed by atoms with E-state index in [-0.39, 0.29) is 17.1 Å². The number of amides is 3. The molecular formula is C18H17N5O3S. The number of para-hydroxylation sites is 1. The normalized spacial score (nSPS) is 10.4. The Morgan fingerprint density at radius 3 is 2.48 bits per heavy atom. The Hall–Kier alpha value is -3.46. The molecule has 0 spiro atoms. The third-order valence-electron chi connectivity index (χ3n) is 3.61. The zero-order valence-corrected chi connectivity index (χ0v) is 15.2. The summed E-state index contributed by atoms with van der Waals surface area (Å²) < 4.78 is 1.48. The molecule has 9 heteroatoms. The summed E-state index contributed by atoms with van der Waals surface area (Å²) in [4.78, 5) is 24.8. The maximum atomic E-state index is 11.9. The van der Waals surface area contributed by atoms with E-state index >= 15 is 0 Å². The SMILES string of the molecule is CNC(=O)c1nn(-c2ccc(Sc3ccccc3O)cc2)cc1NC(N)=O. The van der Waals surface area contributed by atoms with Crippen molar-refractivity contribution in [1.82, 2.24) is 15.1 Å². The number of aromatic hydroxyl groups is 1. The van der Waals surface area contributed by atoms with Crippen molar-refractivity contribution in [2.24, 2.45) is 5.73 Å². The van der Waals surface area contributed by atoms with Gasteiger partial charge in [-0.15, -0.1) is 0 Å². The molecule has 0 unspecified atom stereocenters. The summed E-state index contributed by atoms with van der Waals surface area (Å²) in [6, 6.07) is 13.7. The van der Waals surface area contributed by atoms with Crippen LogP contribution in [0.15, 0.2) is 64.5 Å². The van der Waals surface area contributed by atoms with Crippen LogP contribution in [0.1, 0.15) is 10.5 Å². The van der Waals surface area contributed by atoms with Crippen molar-refractivity contribution < 1.29 is 14.7 Å². The highest BCUT2D eigenvalue weighted by atomic mass is 32.2. The van der Waals surface area contributed by atoms with Crippen LogP contribution < -0.4 is 16.4 Å². The highest BCUT2D eigenvalue weighted by Gasteiger charge is 2.17. The largest absolute Gasteiger partial charge is 0.507 e. The van der Waals surface area contributed by atoms with Gasteiger partial charge in [0.05, 0.1) is 22.5 Å². The minimum absolute atomic E-state index is 0.0592. The van der Waals surface area contributed by atoms with Crippen LogP contribution in [0.25, 0.3) is 5.69 Å². The van der Waals surface area contributed by atoms with Crippen LogP contribution in [0.2, 0.25) is 0 Å². The van der Waals surface area contributed by atoms with Crippen LogP contribution in [0.4, 0.5) is 10.5 Å². The summed E-state index contributed by atoms with van der Waals surface area (Å²) >= 11 is 1.43. The molecule has 1 aromatic heterocycles. The molecular weight excluding hydrogens is 366 g/mol. The van der Waals surface area contributed by atoms with Crippen molar-refractivity contribution in [3.05, 3.63) is 60.4 Å². The highest BCUT2D eigenvalue weighted by molar-refractivity contribution is 7.99. The molecule has 0 atom stereocenters. The molecule has 0 fully saturated rings. The molecule has 0 aliphatic rings. The van der Waals surface area contributed by atoms with Gasteiger partial charge in [-0.3, -0.25) is 4.79 Å². The van der Waals surface area contributed by atoms with Gasteiger partial charge < -0.3 is 21.5 Å². The number of nitrogens with two attached hydrogens (primary N) is 1. The summed E-state index contributed by atoms with van der Waals surface area (Å²) in [5, 5.41) is 18.9. The Bertz CT molecular complexity index is 985. The van der Waals surface area contributed by atoms with Gasteiger partial charge in [0.2, 0.25) is 0 Å². The van der Waals surface area contributed by atoms with Crippen molar-refractivity contribution in [1.29, 1.82) is 0 Å². The number of hydrogen-bond donors (Lipinski definition) is 4. The van der Waals surface area contributed by atoms with E-state index in [9.17, 15) is 14.7 Å². The predicted octanol–water partition coefficient (Wildman–Crippen LogP) is 2.58. The standard InChI is InChI=1S/C18H17N5O3S/c1-20-17(25)16-13(21-18(19)26)10-23(22-16)11-6-8-12(9-7-11)27-15-5-3-2-4-14(15)24/h2-10,24H,1H3,(H,20,25)(H3,19,21,26). The minimum Gasteiger partial charge on any atom is -0.507 e. The lowest BCUT2D eigenvalue weighted by Crippen LogP contribution is -2.24. The quantitative estimate of drug-likeness (QED) is 0.539. The van der Waals surface area contributed by atoms with Crippen molar-refractivity contribution in [3.8, 4) is 11.4 Å². The van der Waals surface area contributed by atoms with Gasteiger partial charge in [0.15, 0.2) is 5.69 Å². The fourth-order valence-electron chi connectivity index (χ4n) is 2.35. The van der Waals surface area contributed by atoms with Crippen molar-refractivity contribution in [2.45, 2.75) is 9.79 Å². The molecule has 0 saturated heterocycles. The zero-order valence-electron chi connectivity index (χ0n) is 14.3. The number of primary amides is 1. The smallest absolute Gasteiger partial charge is 0.316 e. The fourth-order valence-corrected chi connectivity index (χ4v) is 3.20. The molecule has 0 bridgehead atoms. The van der Waals surface area contributed by atoms with E-state index in [1.165, 1.54) is 29.7 Å². The highest BCUT2D eigenvalue weighted by Crippen LogP contribution is 2.34. The first kappa shape index (κ1) is 18.3. The number of urea groups is 1. The molecule has 27 heavy (non-hydrogen) atoms. The van der Waals surface area contributed by atoms with Crippen LogP contribution in [-0.2, 0) is 0 Å². The number of anilines is 1. The third kappa shape index (κ3) is 4.21. The molecule has 1 heterocycles. The van der Waals surface area contributed by atoms with E-state index in [2.05, 4.69) is 15.7 Å². The molecule has 3 amide bonds. The Labute approximate surface area is 159 Å². The Morgan fingerprint density at radius 1 is 1.15 bits per heavy atom.